The molecule has 1 saturated heterocycles. The molecule has 0 saturated carbocycles. The van der Waals surface area contributed by atoms with Crippen LogP contribution < -0.4 is 0 Å². The van der Waals surface area contributed by atoms with Crippen molar-refractivity contribution in [2.45, 2.75) is 32.4 Å². The van der Waals surface area contributed by atoms with Crippen LogP contribution >= 0.6 is 15.9 Å². The summed E-state index contributed by atoms with van der Waals surface area (Å²) in [5.74, 6) is -0.208. The maximum atomic E-state index is 12.2. The van der Waals surface area contributed by atoms with Crippen LogP contribution in [0, 0.1) is 6.92 Å². The quantitative estimate of drug-likeness (QED) is 0.719. The van der Waals surface area contributed by atoms with E-state index < -0.39 is 0 Å². The SMILES string of the molecule is Cc1ccc(C(=O)OC2CCN(Cc3cccc(Br)c3)CC2)cc1. The van der Waals surface area contributed by atoms with Crippen molar-refractivity contribution in [3.05, 3.63) is 69.7 Å². The first-order chi connectivity index (χ1) is 11.6. The van der Waals surface area contributed by atoms with Crippen LogP contribution in [0.1, 0.15) is 34.3 Å². The Morgan fingerprint density at radius 2 is 1.88 bits per heavy atom. The van der Waals surface area contributed by atoms with E-state index in [0.29, 0.717) is 5.56 Å². The van der Waals surface area contributed by atoms with Crippen LogP contribution in [0.2, 0.25) is 0 Å². The molecule has 0 aliphatic carbocycles. The lowest BCUT2D eigenvalue weighted by Crippen LogP contribution is -2.37. The van der Waals surface area contributed by atoms with Gasteiger partial charge in [0.15, 0.2) is 0 Å². The Morgan fingerprint density at radius 3 is 2.54 bits per heavy atom. The molecule has 0 spiro atoms. The van der Waals surface area contributed by atoms with Gasteiger partial charge in [-0.15, -0.1) is 0 Å². The molecule has 1 aliphatic heterocycles. The lowest BCUT2D eigenvalue weighted by Gasteiger charge is -2.31. The summed E-state index contributed by atoms with van der Waals surface area (Å²) in [6.45, 7) is 4.87. The smallest absolute Gasteiger partial charge is 0.338 e. The molecular weight excluding hydrogens is 366 g/mol. The number of halogens is 1. The van der Waals surface area contributed by atoms with Gasteiger partial charge in [-0.2, -0.15) is 0 Å². The number of carbonyl (C=O) groups excluding carboxylic acids is 1. The molecule has 0 bridgehead atoms. The van der Waals surface area contributed by atoms with E-state index in [1.54, 1.807) is 0 Å². The zero-order chi connectivity index (χ0) is 16.9. The first kappa shape index (κ1) is 17.2. The molecule has 4 heteroatoms. The Labute approximate surface area is 151 Å². The van der Waals surface area contributed by atoms with Crippen LogP contribution in [0.3, 0.4) is 0 Å². The van der Waals surface area contributed by atoms with E-state index in [9.17, 15) is 4.79 Å². The maximum absolute atomic E-state index is 12.2. The van der Waals surface area contributed by atoms with Gasteiger partial charge in [0.2, 0.25) is 0 Å². The molecule has 3 nitrogen and oxygen atoms in total. The molecule has 1 aliphatic rings. The first-order valence-corrected chi connectivity index (χ1v) is 9.14. The number of hydrogen-bond acceptors (Lipinski definition) is 3. The summed E-state index contributed by atoms with van der Waals surface area (Å²) in [6, 6.07) is 16.0. The summed E-state index contributed by atoms with van der Waals surface area (Å²) in [6.07, 6.45) is 1.81. The largest absolute Gasteiger partial charge is 0.459 e. The van der Waals surface area contributed by atoms with Crippen molar-refractivity contribution < 1.29 is 9.53 Å². The van der Waals surface area contributed by atoms with Gasteiger partial charge in [0.05, 0.1) is 5.56 Å². The second kappa shape index (κ2) is 7.95. The first-order valence-electron chi connectivity index (χ1n) is 8.34. The Hall–Kier alpha value is -1.65. The fraction of sp³-hybridized carbons (Fsp3) is 0.350. The minimum atomic E-state index is -0.208. The number of esters is 1. The molecule has 0 radical (unpaired) electrons. The number of hydrogen-bond donors (Lipinski definition) is 0. The summed E-state index contributed by atoms with van der Waals surface area (Å²) in [5.41, 5.74) is 3.09. The zero-order valence-corrected chi connectivity index (χ0v) is 15.5. The van der Waals surface area contributed by atoms with Crippen molar-refractivity contribution in [3.8, 4) is 0 Å². The molecule has 3 rings (SSSR count). The average Bonchev–Trinajstić information content (AvgIpc) is 2.57. The molecule has 0 N–H and O–H groups in total. The number of aryl methyl sites for hydroxylation is 1. The van der Waals surface area contributed by atoms with Gasteiger partial charge in [-0.05, 0) is 49.6 Å². The zero-order valence-electron chi connectivity index (χ0n) is 13.9. The van der Waals surface area contributed by atoms with Crippen LogP contribution in [0.5, 0.6) is 0 Å². The summed E-state index contributed by atoms with van der Waals surface area (Å²) < 4.78 is 6.77. The van der Waals surface area contributed by atoms with Crippen molar-refractivity contribution in [2.75, 3.05) is 13.1 Å². The molecule has 0 aromatic heterocycles. The monoisotopic (exact) mass is 387 g/mol. The standard InChI is InChI=1S/C20H22BrNO2/c1-15-5-7-17(8-6-15)20(23)24-19-9-11-22(12-10-19)14-16-3-2-4-18(21)13-16/h2-8,13,19H,9-12,14H2,1H3. The Kier molecular flexibility index (Phi) is 5.69. The fourth-order valence-corrected chi connectivity index (χ4v) is 3.43. The van der Waals surface area contributed by atoms with Crippen molar-refractivity contribution in [1.82, 2.24) is 4.90 Å². The lowest BCUT2D eigenvalue weighted by molar-refractivity contribution is 0.0104. The molecular formula is C20H22BrNO2. The lowest BCUT2D eigenvalue weighted by atomic mass is 10.1. The van der Waals surface area contributed by atoms with E-state index in [2.05, 4.69) is 39.0 Å². The van der Waals surface area contributed by atoms with Crippen molar-refractivity contribution in [1.29, 1.82) is 0 Å². The second-order valence-corrected chi connectivity index (χ2v) is 7.29. The molecule has 24 heavy (non-hydrogen) atoms. The highest BCUT2D eigenvalue weighted by Gasteiger charge is 2.22. The number of ether oxygens (including phenoxy) is 1. The molecule has 0 atom stereocenters. The van der Waals surface area contributed by atoms with Gasteiger partial charge >= 0.3 is 5.97 Å². The Balaban J connectivity index is 1.48. The second-order valence-electron chi connectivity index (χ2n) is 6.38. The fourth-order valence-electron chi connectivity index (χ4n) is 2.99. The van der Waals surface area contributed by atoms with Gasteiger partial charge in [0.1, 0.15) is 6.10 Å². The van der Waals surface area contributed by atoms with Gasteiger partial charge in [-0.3, -0.25) is 4.90 Å². The number of rotatable bonds is 4. The summed E-state index contributed by atoms with van der Waals surface area (Å²) in [4.78, 5) is 14.6. The number of carbonyl (C=O) groups is 1. The third kappa shape index (κ3) is 4.68. The molecule has 2 aromatic rings. The highest BCUT2D eigenvalue weighted by atomic mass is 79.9. The van der Waals surface area contributed by atoms with Crippen LogP contribution in [0.4, 0.5) is 0 Å². The summed E-state index contributed by atoms with van der Waals surface area (Å²) in [7, 11) is 0. The predicted octanol–water partition coefficient (Wildman–Crippen LogP) is 4.58. The van der Waals surface area contributed by atoms with Crippen LogP contribution in [0.25, 0.3) is 0 Å². The molecule has 1 fully saturated rings. The van der Waals surface area contributed by atoms with E-state index in [-0.39, 0.29) is 12.1 Å². The van der Waals surface area contributed by atoms with Crippen molar-refractivity contribution in [2.24, 2.45) is 0 Å². The third-order valence-corrected chi connectivity index (χ3v) is 4.88. The minimum Gasteiger partial charge on any atom is -0.459 e. The highest BCUT2D eigenvalue weighted by molar-refractivity contribution is 9.10. The van der Waals surface area contributed by atoms with E-state index in [0.717, 1.165) is 42.5 Å². The molecule has 0 amide bonds. The normalized spacial score (nSPS) is 16.1. The average molecular weight is 388 g/mol. The van der Waals surface area contributed by atoms with Crippen LogP contribution in [-0.2, 0) is 11.3 Å². The number of likely N-dealkylation sites (tertiary alicyclic amines) is 1. The van der Waals surface area contributed by atoms with E-state index in [4.69, 9.17) is 4.74 Å². The van der Waals surface area contributed by atoms with E-state index in [1.807, 2.05) is 37.3 Å². The molecule has 0 unspecified atom stereocenters. The number of piperidine rings is 1. The summed E-state index contributed by atoms with van der Waals surface area (Å²) in [5, 5.41) is 0. The Morgan fingerprint density at radius 1 is 1.17 bits per heavy atom. The molecule has 126 valence electrons. The van der Waals surface area contributed by atoms with Gasteiger partial charge in [-0.1, -0.05) is 45.8 Å². The van der Waals surface area contributed by atoms with Gasteiger partial charge < -0.3 is 4.74 Å². The predicted molar refractivity (Wildman–Crippen MR) is 99.0 cm³/mol. The van der Waals surface area contributed by atoms with Gasteiger partial charge in [0.25, 0.3) is 0 Å². The van der Waals surface area contributed by atoms with Crippen molar-refractivity contribution in [3.63, 3.8) is 0 Å². The van der Waals surface area contributed by atoms with Crippen LogP contribution in [0.15, 0.2) is 53.0 Å². The van der Waals surface area contributed by atoms with Crippen molar-refractivity contribution >= 4 is 21.9 Å². The van der Waals surface area contributed by atoms with Crippen LogP contribution in [-0.4, -0.2) is 30.1 Å². The number of benzene rings is 2. The van der Waals surface area contributed by atoms with Gasteiger partial charge in [-0.25, -0.2) is 4.79 Å². The maximum Gasteiger partial charge on any atom is 0.338 e. The van der Waals surface area contributed by atoms with Gasteiger partial charge in [0, 0.05) is 24.1 Å². The van der Waals surface area contributed by atoms with E-state index >= 15 is 0 Å². The summed E-state index contributed by atoms with van der Waals surface area (Å²) >= 11 is 3.51. The number of nitrogens with zero attached hydrogens (tertiary/aromatic N) is 1. The highest BCUT2D eigenvalue weighted by Crippen LogP contribution is 2.19. The topological polar surface area (TPSA) is 29.5 Å². The third-order valence-electron chi connectivity index (χ3n) is 4.39. The minimum absolute atomic E-state index is 0.0255. The Bertz CT molecular complexity index is 691. The molecule has 2 aromatic carbocycles. The van der Waals surface area contributed by atoms with E-state index in [1.165, 1.54) is 5.56 Å². The molecule has 1 heterocycles.